The monoisotopic (exact) mass is 679 g/mol. The van der Waals surface area contributed by atoms with Crippen LogP contribution in [0.15, 0.2) is 97.1 Å². The van der Waals surface area contributed by atoms with E-state index >= 15 is 0 Å². The molecule has 0 spiro atoms. The zero-order chi connectivity index (χ0) is 35.4. The van der Waals surface area contributed by atoms with Gasteiger partial charge >= 0.3 is 0 Å². The molecule has 2 fully saturated rings. The molecule has 52 heavy (non-hydrogen) atoms. The van der Waals surface area contributed by atoms with Crippen molar-refractivity contribution in [1.29, 1.82) is 0 Å². The maximum Gasteiger partial charge on any atom is 0.252 e. The highest BCUT2D eigenvalue weighted by atomic mass is 15.3. The van der Waals surface area contributed by atoms with Crippen LogP contribution in [0, 0.1) is 13.8 Å². The van der Waals surface area contributed by atoms with Gasteiger partial charge in [-0.05, 0) is 116 Å². The van der Waals surface area contributed by atoms with E-state index in [1.807, 2.05) is 0 Å². The second-order valence-electron chi connectivity index (χ2n) is 18.0. The van der Waals surface area contributed by atoms with Gasteiger partial charge in [-0.3, -0.25) is 0 Å². The second-order valence-corrected chi connectivity index (χ2v) is 18.0. The fourth-order valence-corrected chi connectivity index (χ4v) is 12.7. The summed E-state index contributed by atoms with van der Waals surface area (Å²) >= 11 is 0. The van der Waals surface area contributed by atoms with E-state index in [0.29, 0.717) is 0 Å². The minimum absolute atomic E-state index is 0.00635. The maximum atomic E-state index is 2.90. The van der Waals surface area contributed by atoms with Crippen LogP contribution in [0.4, 0.5) is 39.8 Å². The van der Waals surface area contributed by atoms with E-state index in [2.05, 4.69) is 153 Å². The molecular weight excluding hydrogens is 629 g/mol. The lowest BCUT2D eigenvalue weighted by Crippen LogP contribution is -2.66. The van der Waals surface area contributed by atoms with Crippen LogP contribution in [0.1, 0.15) is 101 Å². The number of fused-ring (bicyclic) bond motifs is 10. The maximum absolute atomic E-state index is 2.90. The second kappa shape index (κ2) is 10.2. The van der Waals surface area contributed by atoms with Gasteiger partial charge in [-0.2, -0.15) is 0 Å². The van der Waals surface area contributed by atoms with Gasteiger partial charge in [0.1, 0.15) is 0 Å². The molecular formula is C48H50BN3. The number of hydrogen-bond acceptors (Lipinski definition) is 3. The number of rotatable bonds is 3. The highest BCUT2D eigenvalue weighted by Gasteiger charge is 2.64. The summed E-state index contributed by atoms with van der Waals surface area (Å²) in [5.41, 5.74) is 20.1. The van der Waals surface area contributed by atoms with Gasteiger partial charge in [0.2, 0.25) is 0 Å². The number of nitrogens with zero attached hydrogens (tertiary/aromatic N) is 3. The molecule has 4 aliphatic heterocycles. The molecule has 0 amide bonds. The summed E-state index contributed by atoms with van der Waals surface area (Å²) in [6, 6.07) is 38.0. The van der Waals surface area contributed by atoms with Crippen molar-refractivity contribution in [2.24, 2.45) is 0 Å². The molecule has 5 aromatic carbocycles. The van der Waals surface area contributed by atoms with Crippen LogP contribution in [0.3, 0.4) is 0 Å². The van der Waals surface area contributed by atoms with Crippen molar-refractivity contribution in [2.45, 2.75) is 115 Å². The third kappa shape index (κ3) is 3.47. The molecule has 0 N–H and O–H groups in total. The van der Waals surface area contributed by atoms with E-state index in [1.54, 1.807) is 11.1 Å². The molecule has 0 bridgehead atoms. The lowest BCUT2D eigenvalue weighted by Gasteiger charge is -2.55. The van der Waals surface area contributed by atoms with Crippen LogP contribution >= 0.6 is 0 Å². The number of para-hydroxylation sites is 4. The van der Waals surface area contributed by atoms with Crippen molar-refractivity contribution in [3.63, 3.8) is 0 Å². The Morgan fingerprint density at radius 2 is 0.981 bits per heavy atom. The van der Waals surface area contributed by atoms with Gasteiger partial charge in [-0.25, -0.2) is 0 Å². The largest absolute Gasteiger partial charge is 0.335 e. The zero-order valence-electron chi connectivity index (χ0n) is 31.8. The first kappa shape index (κ1) is 31.1. The third-order valence-electron chi connectivity index (χ3n) is 15.8. The molecule has 6 aliphatic rings. The Hall–Kier alpha value is -4.44. The Kier molecular flexibility index (Phi) is 6.08. The standard InChI is InChI=1S/C48H50BN3/c1-31-17-7-9-23-38(31)50(39-24-10-8-18-32(39)2)33-29-40-42-41(30-33)52-44-35(46(4)26-12-14-28-48(46,52)6)20-16-22-37(44)49(42)36-21-15-19-34-43(36)51(40)47(5)27-13-11-25-45(34,47)3/h7-10,15-24,29-30H,11-14,25-28H2,1-6H3. The van der Waals surface area contributed by atoms with Gasteiger partial charge in [0.15, 0.2) is 0 Å². The summed E-state index contributed by atoms with van der Waals surface area (Å²) in [6.07, 6.45) is 10.1. The van der Waals surface area contributed by atoms with E-state index in [0.717, 1.165) is 0 Å². The topological polar surface area (TPSA) is 9.72 Å². The van der Waals surface area contributed by atoms with Crippen LogP contribution in [0.5, 0.6) is 0 Å². The Morgan fingerprint density at radius 1 is 0.538 bits per heavy atom. The Labute approximate surface area is 310 Å². The molecule has 5 aromatic rings. The van der Waals surface area contributed by atoms with E-state index in [4.69, 9.17) is 0 Å². The van der Waals surface area contributed by atoms with Gasteiger partial charge in [0.25, 0.3) is 6.71 Å². The first-order valence-corrected chi connectivity index (χ1v) is 20.1. The van der Waals surface area contributed by atoms with Gasteiger partial charge in [0, 0.05) is 45.0 Å². The van der Waals surface area contributed by atoms with Crippen molar-refractivity contribution >= 4 is 62.9 Å². The summed E-state index contributed by atoms with van der Waals surface area (Å²) in [4.78, 5) is 8.38. The quantitative estimate of drug-likeness (QED) is 0.176. The molecule has 4 heterocycles. The first-order chi connectivity index (χ1) is 25.1. The highest BCUT2D eigenvalue weighted by molar-refractivity contribution is 7.00. The average molecular weight is 680 g/mol. The number of benzene rings is 5. The van der Waals surface area contributed by atoms with Gasteiger partial charge in [-0.1, -0.05) is 112 Å². The number of hydrogen-bond donors (Lipinski definition) is 0. The van der Waals surface area contributed by atoms with Gasteiger partial charge < -0.3 is 14.7 Å². The molecule has 11 rings (SSSR count). The van der Waals surface area contributed by atoms with E-state index in [9.17, 15) is 0 Å². The molecule has 2 saturated carbocycles. The van der Waals surface area contributed by atoms with Crippen LogP contribution < -0.4 is 31.1 Å². The van der Waals surface area contributed by atoms with Crippen LogP contribution in [0.2, 0.25) is 0 Å². The summed E-state index contributed by atoms with van der Waals surface area (Å²) in [5, 5.41) is 0. The SMILES string of the molecule is Cc1ccccc1N(c1cc2c3c(c1)N1c4c(cccc4C4(C)CCCCC14C)B3c1cccc3c1N2C1(C)CCCCC31C)c1ccccc1C. The highest BCUT2D eigenvalue weighted by Crippen LogP contribution is 2.65. The predicted octanol–water partition coefficient (Wildman–Crippen LogP) is 10.4. The first-order valence-electron chi connectivity index (χ1n) is 20.1. The normalized spacial score (nSPS) is 28.5. The summed E-state index contributed by atoms with van der Waals surface area (Å²) in [7, 11) is 0. The predicted molar refractivity (Wildman–Crippen MR) is 221 cm³/mol. The molecule has 4 atom stereocenters. The summed E-state index contributed by atoms with van der Waals surface area (Å²) < 4.78 is 0. The summed E-state index contributed by atoms with van der Waals surface area (Å²) in [6.45, 7) is 15.2. The molecule has 260 valence electrons. The Morgan fingerprint density at radius 3 is 1.44 bits per heavy atom. The third-order valence-corrected chi connectivity index (χ3v) is 15.8. The number of aryl methyl sites for hydroxylation is 2. The van der Waals surface area contributed by atoms with E-state index in [1.165, 1.54) is 119 Å². The Balaban J connectivity index is 1.29. The van der Waals surface area contributed by atoms with Crippen molar-refractivity contribution in [1.82, 2.24) is 0 Å². The molecule has 0 saturated heterocycles. The van der Waals surface area contributed by atoms with Crippen molar-refractivity contribution in [3.05, 3.63) is 119 Å². The minimum atomic E-state index is -0.00635. The summed E-state index contributed by atoms with van der Waals surface area (Å²) in [5.74, 6) is 0. The smallest absolute Gasteiger partial charge is 0.252 e. The average Bonchev–Trinajstić information content (AvgIpc) is 3.50. The molecule has 3 nitrogen and oxygen atoms in total. The van der Waals surface area contributed by atoms with E-state index < -0.39 is 0 Å². The van der Waals surface area contributed by atoms with Crippen LogP contribution in [0.25, 0.3) is 0 Å². The van der Waals surface area contributed by atoms with Crippen LogP contribution in [-0.2, 0) is 10.8 Å². The lowest BCUT2D eigenvalue weighted by atomic mass is 9.33. The van der Waals surface area contributed by atoms with Crippen molar-refractivity contribution in [2.75, 3.05) is 14.7 Å². The van der Waals surface area contributed by atoms with Crippen molar-refractivity contribution < 1.29 is 0 Å². The minimum Gasteiger partial charge on any atom is -0.335 e. The molecule has 2 aliphatic carbocycles. The fourth-order valence-electron chi connectivity index (χ4n) is 12.7. The number of anilines is 7. The Bertz CT molecular complexity index is 2200. The molecule has 0 radical (unpaired) electrons. The lowest BCUT2D eigenvalue weighted by molar-refractivity contribution is 0.194. The molecule has 4 unspecified atom stereocenters. The van der Waals surface area contributed by atoms with E-state index in [-0.39, 0.29) is 28.6 Å². The van der Waals surface area contributed by atoms with Gasteiger partial charge in [-0.15, -0.1) is 0 Å². The molecule has 0 aromatic heterocycles. The fraction of sp³-hybridized carbons (Fsp3) is 0.375. The molecule has 4 heteroatoms. The van der Waals surface area contributed by atoms with Gasteiger partial charge in [0.05, 0.1) is 16.8 Å². The van der Waals surface area contributed by atoms with Crippen molar-refractivity contribution in [3.8, 4) is 0 Å². The van der Waals surface area contributed by atoms with Crippen LogP contribution in [-0.4, -0.2) is 17.8 Å². The zero-order valence-corrected chi connectivity index (χ0v) is 31.8.